The number of benzene rings is 1. The van der Waals surface area contributed by atoms with Gasteiger partial charge in [0.05, 0.1) is 11.9 Å². The summed E-state index contributed by atoms with van der Waals surface area (Å²) in [6.07, 6.45) is 6.17. The summed E-state index contributed by atoms with van der Waals surface area (Å²) >= 11 is 0. The molecule has 4 N–H and O–H groups in total. The molecule has 0 bridgehead atoms. The smallest absolute Gasteiger partial charge is 0.255 e. The first kappa shape index (κ1) is 14.5. The van der Waals surface area contributed by atoms with Crippen molar-refractivity contribution >= 4 is 34.6 Å². The van der Waals surface area contributed by atoms with Crippen LogP contribution in [0.25, 0.3) is 17.1 Å². The van der Waals surface area contributed by atoms with E-state index in [0.717, 1.165) is 10.9 Å². The number of fused-ring (bicyclic) bond motifs is 1. The van der Waals surface area contributed by atoms with E-state index in [1.165, 1.54) is 6.08 Å². The third-order valence-electron chi connectivity index (χ3n) is 3.28. The number of anilines is 1. The topological polar surface area (TPSA) is 101 Å². The number of rotatable bonds is 4. The van der Waals surface area contributed by atoms with Crippen molar-refractivity contribution in [2.75, 3.05) is 5.32 Å². The lowest BCUT2D eigenvalue weighted by molar-refractivity contribution is -0.113. The molecule has 0 unspecified atom stereocenters. The lowest BCUT2D eigenvalue weighted by atomic mass is 10.2. The van der Waals surface area contributed by atoms with Crippen LogP contribution >= 0.6 is 0 Å². The monoisotopic (exact) mass is 306 g/mol. The quantitative estimate of drug-likeness (QED) is 0.645. The number of nitrogens with zero attached hydrogens (tertiary/aromatic N) is 1. The standard InChI is InChI=1S/C17H14N4O2/c18-15(22)7-6-12-9-19-16-14(12)8-13(10-20-16)21-17(23)11-4-2-1-3-5-11/h1-10H,(H2,18,22)(H,19,20)(H,21,23)/b7-6+. The minimum Gasteiger partial charge on any atom is -0.366 e. The number of aromatic nitrogens is 2. The van der Waals surface area contributed by atoms with Gasteiger partial charge >= 0.3 is 0 Å². The number of nitrogens with one attached hydrogen (secondary N) is 2. The van der Waals surface area contributed by atoms with Crippen LogP contribution in [0.5, 0.6) is 0 Å². The molecule has 3 aromatic rings. The van der Waals surface area contributed by atoms with E-state index in [4.69, 9.17) is 5.73 Å². The largest absolute Gasteiger partial charge is 0.366 e. The molecule has 0 spiro atoms. The van der Waals surface area contributed by atoms with Gasteiger partial charge in [0.2, 0.25) is 5.91 Å². The Morgan fingerprint density at radius 1 is 1.22 bits per heavy atom. The third kappa shape index (κ3) is 3.26. The summed E-state index contributed by atoms with van der Waals surface area (Å²) in [5.74, 6) is -0.739. The van der Waals surface area contributed by atoms with Crippen LogP contribution in [0, 0.1) is 0 Å². The summed E-state index contributed by atoms with van der Waals surface area (Å²) in [7, 11) is 0. The molecule has 2 amide bonds. The number of carbonyl (C=O) groups excluding carboxylic acids is 2. The van der Waals surface area contributed by atoms with Gasteiger partial charge < -0.3 is 16.0 Å². The van der Waals surface area contributed by atoms with Crippen molar-refractivity contribution < 1.29 is 9.59 Å². The average Bonchev–Trinajstić information content (AvgIpc) is 2.96. The summed E-state index contributed by atoms with van der Waals surface area (Å²) in [4.78, 5) is 30.3. The lowest BCUT2D eigenvalue weighted by Gasteiger charge is -2.05. The molecule has 0 saturated carbocycles. The van der Waals surface area contributed by atoms with Crippen LogP contribution < -0.4 is 11.1 Å². The van der Waals surface area contributed by atoms with Crippen LogP contribution in [0.3, 0.4) is 0 Å². The van der Waals surface area contributed by atoms with Crippen LogP contribution in [-0.4, -0.2) is 21.8 Å². The van der Waals surface area contributed by atoms with Crippen molar-refractivity contribution in [1.82, 2.24) is 9.97 Å². The Hall–Kier alpha value is -3.41. The number of hydrogen-bond acceptors (Lipinski definition) is 3. The van der Waals surface area contributed by atoms with E-state index in [0.29, 0.717) is 16.9 Å². The summed E-state index contributed by atoms with van der Waals surface area (Å²) in [5, 5.41) is 3.59. The van der Waals surface area contributed by atoms with Crippen molar-refractivity contribution in [2.24, 2.45) is 5.73 Å². The van der Waals surface area contributed by atoms with Gasteiger partial charge in [-0.2, -0.15) is 0 Å². The normalized spacial score (nSPS) is 11.0. The number of carbonyl (C=O) groups is 2. The number of pyridine rings is 1. The molecule has 0 saturated heterocycles. The summed E-state index contributed by atoms with van der Waals surface area (Å²) in [6.45, 7) is 0. The van der Waals surface area contributed by atoms with Gasteiger partial charge in [0, 0.05) is 28.8 Å². The first-order valence-electron chi connectivity index (χ1n) is 6.94. The fourth-order valence-electron chi connectivity index (χ4n) is 2.19. The minimum atomic E-state index is -0.527. The zero-order chi connectivity index (χ0) is 16.2. The number of H-pyrrole nitrogens is 1. The van der Waals surface area contributed by atoms with Crippen LogP contribution in [0.2, 0.25) is 0 Å². The van der Waals surface area contributed by atoms with E-state index < -0.39 is 5.91 Å². The van der Waals surface area contributed by atoms with Gasteiger partial charge in [-0.3, -0.25) is 9.59 Å². The Balaban J connectivity index is 1.89. The van der Waals surface area contributed by atoms with Gasteiger partial charge in [0.25, 0.3) is 5.91 Å². The molecule has 23 heavy (non-hydrogen) atoms. The zero-order valence-electron chi connectivity index (χ0n) is 12.1. The van der Waals surface area contributed by atoms with E-state index in [1.807, 2.05) is 6.07 Å². The molecule has 1 aromatic carbocycles. The molecular formula is C17H14N4O2. The van der Waals surface area contributed by atoms with Gasteiger partial charge in [0.15, 0.2) is 0 Å². The molecule has 6 heteroatoms. The molecule has 2 heterocycles. The van der Waals surface area contributed by atoms with Gasteiger partial charge in [0.1, 0.15) is 5.65 Å². The second-order valence-corrected chi connectivity index (χ2v) is 4.92. The predicted molar refractivity (Wildman–Crippen MR) is 88.7 cm³/mol. The molecule has 0 aliphatic carbocycles. The van der Waals surface area contributed by atoms with Gasteiger partial charge in [-0.25, -0.2) is 4.98 Å². The second-order valence-electron chi connectivity index (χ2n) is 4.92. The summed E-state index contributed by atoms with van der Waals surface area (Å²) in [6, 6.07) is 10.7. The molecule has 0 aliphatic rings. The molecule has 0 fully saturated rings. The van der Waals surface area contributed by atoms with E-state index in [2.05, 4.69) is 15.3 Å². The first-order chi connectivity index (χ1) is 11.1. The number of hydrogen-bond donors (Lipinski definition) is 3. The Kier molecular flexibility index (Phi) is 3.88. The van der Waals surface area contributed by atoms with Gasteiger partial charge in [-0.1, -0.05) is 18.2 Å². The van der Waals surface area contributed by atoms with E-state index >= 15 is 0 Å². The molecule has 0 aliphatic heterocycles. The van der Waals surface area contributed by atoms with Crippen molar-refractivity contribution in [2.45, 2.75) is 0 Å². The number of aromatic amines is 1. The summed E-state index contributed by atoms with van der Waals surface area (Å²) < 4.78 is 0. The summed E-state index contributed by atoms with van der Waals surface area (Å²) in [5.41, 5.74) is 7.66. The SMILES string of the molecule is NC(=O)/C=C/c1c[nH]c2ncc(NC(=O)c3ccccc3)cc12. The second kappa shape index (κ2) is 6.15. The van der Waals surface area contributed by atoms with Crippen molar-refractivity contribution in [3.8, 4) is 0 Å². The molecule has 6 nitrogen and oxygen atoms in total. The predicted octanol–water partition coefficient (Wildman–Crippen LogP) is 2.31. The highest BCUT2D eigenvalue weighted by molar-refractivity contribution is 6.05. The van der Waals surface area contributed by atoms with Crippen LogP contribution in [0.4, 0.5) is 5.69 Å². The molecular weight excluding hydrogens is 292 g/mol. The van der Waals surface area contributed by atoms with E-state index in [9.17, 15) is 9.59 Å². The Bertz CT molecular complexity index is 897. The Labute approximate surface area is 132 Å². The maximum Gasteiger partial charge on any atom is 0.255 e. The number of primary amides is 1. The van der Waals surface area contributed by atoms with Gasteiger partial charge in [-0.05, 0) is 24.3 Å². The maximum absolute atomic E-state index is 12.2. The number of amides is 2. The Morgan fingerprint density at radius 2 is 2.00 bits per heavy atom. The van der Waals surface area contributed by atoms with Crippen molar-refractivity contribution in [3.63, 3.8) is 0 Å². The molecule has 114 valence electrons. The molecule has 2 aromatic heterocycles. The molecule has 3 rings (SSSR count). The first-order valence-corrected chi connectivity index (χ1v) is 6.94. The van der Waals surface area contributed by atoms with E-state index in [-0.39, 0.29) is 5.91 Å². The highest BCUT2D eigenvalue weighted by Crippen LogP contribution is 2.21. The Morgan fingerprint density at radius 3 is 2.74 bits per heavy atom. The zero-order valence-corrected chi connectivity index (χ0v) is 12.1. The minimum absolute atomic E-state index is 0.212. The van der Waals surface area contributed by atoms with E-state index in [1.54, 1.807) is 48.8 Å². The van der Waals surface area contributed by atoms with Crippen molar-refractivity contribution in [1.29, 1.82) is 0 Å². The lowest BCUT2D eigenvalue weighted by Crippen LogP contribution is -2.11. The fourth-order valence-corrected chi connectivity index (χ4v) is 2.19. The fraction of sp³-hybridized carbons (Fsp3) is 0. The van der Waals surface area contributed by atoms with Crippen LogP contribution in [0.15, 0.2) is 54.9 Å². The number of nitrogens with two attached hydrogens (primary N) is 1. The van der Waals surface area contributed by atoms with Crippen LogP contribution in [0.1, 0.15) is 15.9 Å². The average molecular weight is 306 g/mol. The third-order valence-corrected chi connectivity index (χ3v) is 3.28. The maximum atomic E-state index is 12.2. The molecule has 0 radical (unpaired) electrons. The highest BCUT2D eigenvalue weighted by Gasteiger charge is 2.08. The van der Waals surface area contributed by atoms with Gasteiger partial charge in [-0.15, -0.1) is 0 Å². The van der Waals surface area contributed by atoms with Crippen LogP contribution in [-0.2, 0) is 4.79 Å². The van der Waals surface area contributed by atoms with Crippen molar-refractivity contribution in [3.05, 3.63) is 66.0 Å². The highest BCUT2D eigenvalue weighted by atomic mass is 16.1. The molecule has 0 atom stereocenters.